The summed E-state index contributed by atoms with van der Waals surface area (Å²) in [6.07, 6.45) is 7.48. The molecule has 0 aromatic rings. The van der Waals surface area contributed by atoms with Gasteiger partial charge in [-0.15, -0.1) is 0 Å². The monoisotopic (exact) mass is 253 g/mol. The molecule has 0 saturated carbocycles. The van der Waals surface area contributed by atoms with Crippen LogP contribution in [0.25, 0.3) is 0 Å². The van der Waals surface area contributed by atoms with Gasteiger partial charge in [0, 0.05) is 30.6 Å². The highest BCUT2D eigenvalue weighted by atomic mass is 16.1. The third-order valence-electron chi connectivity index (χ3n) is 4.68. The number of nitrogens with one attached hydrogen (secondary N) is 1. The maximum absolute atomic E-state index is 11.9. The van der Waals surface area contributed by atoms with Gasteiger partial charge in [0.1, 0.15) is 0 Å². The van der Waals surface area contributed by atoms with E-state index in [1.54, 1.807) is 0 Å². The zero-order chi connectivity index (χ0) is 13.1. The van der Waals surface area contributed by atoms with Gasteiger partial charge in [0.25, 0.3) is 0 Å². The first-order valence-corrected chi connectivity index (χ1v) is 7.37. The number of amides is 1. The van der Waals surface area contributed by atoms with Crippen LogP contribution in [0.4, 0.5) is 0 Å². The van der Waals surface area contributed by atoms with Crippen molar-refractivity contribution in [1.29, 1.82) is 0 Å². The predicted molar refractivity (Wildman–Crippen MR) is 73.2 cm³/mol. The topological polar surface area (TPSA) is 58.4 Å². The second-order valence-electron chi connectivity index (χ2n) is 6.01. The Morgan fingerprint density at radius 3 is 2.56 bits per heavy atom. The lowest BCUT2D eigenvalue weighted by Gasteiger charge is -2.47. The fourth-order valence-corrected chi connectivity index (χ4v) is 3.40. The number of fused-ring (bicyclic) bond motifs is 2. The van der Waals surface area contributed by atoms with Crippen LogP contribution in [-0.4, -0.2) is 42.0 Å². The van der Waals surface area contributed by atoms with Gasteiger partial charge in [-0.1, -0.05) is 13.3 Å². The normalized spacial score (nSPS) is 34.1. The van der Waals surface area contributed by atoms with Crippen molar-refractivity contribution in [2.24, 2.45) is 5.73 Å². The molecule has 2 aliphatic heterocycles. The van der Waals surface area contributed by atoms with E-state index in [-0.39, 0.29) is 11.9 Å². The second-order valence-corrected chi connectivity index (χ2v) is 6.01. The number of nitrogens with two attached hydrogens (primary N) is 1. The molecule has 2 bridgehead atoms. The lowest BCUT2D eigenvalue weighted by atomic mass is 9.82. The molecule has 1 amide bonds. The van der Waals surface area contributed by atoms with E-state index < -0.39 is 0 Å². The van der Waals surface area contributed by atoms with Crippen LogP contribution in [-0.2, 0) is 4.79 Å². The van der Waals surface area contributed by atoms with Gasteiger partial charge in [-0.2, -0.15) is 0 Å². The minimum atomic E-state index is 0.00997. The molecule has 4 heteroatoms. The van der Waals surface area contributed by atoms with E-state index in [1.807, 2.05) is 6.92 Å². The Morgan fingerprint density at radius 1 is 1.39 bits per heavy atom. The molecule has 104 valence electrons. The van der Waals surface area contributed by atoms with Crippen LogP contribution in [0.1, 0.15) is 51.9 Å². The van der Waals surface area contributed by atoms with Crippen molar-refractivity contribution < 1.29 is 4.79 Å². The maximum Gasteiger partial charge on any atom is 0.221 e. The van der Waals surface area contributed by atoms with Crippen LogP contribution in [0.15, 0.2) is 0 Å². The van der Waals surface area contributed by atoms with Crippen LogP contribution in [0.2, 0.25) is 0 Å². The average molecular weight is 253 g/mol. The van der Waals surface area contributed by atoms with Crippen molar-refractivity contribution >= 4 is 5.91 Å². The number of carbonyl (C=O) groups excluding carboxylic acids is 1. The molecule has 2 aliphatic rings. The average Bonchev–Trinajstić information content (AvgIpc) is 2.30. The Bertz CT molecular complexity index is 281. The maximum atomic E-state index is 11.9. The van der Waals surface area contributed by atoms with E-state index >= 15 is 0 Å². The van der Waals surface area contributed by atoms with E-state index in [0.717, 1.165) is 19.3 Å². The summed E-state index contributed by atoms with van der Waals surface area (Å²) in [6, 6.07) is 1.72. The van der Waals surface area contributed by atoms with Crippen LogP contribution in [0, 0.1) is 0 Å². The Hall–Kier alpha value is -0.610. The number of hydrogen-bond donors (Lipinski definition) is 2. The lowest BCUT2D eigenvalue weighted by molar-refractivity contribution is -0.122. The highest BCUT2D eigenvalue weighted by molar-refractivity contribution is 5.76. The van der Waals surface area contributed by atoms with E-state index in [4.69, 9.17) is 5.73 Å². The number of hydrogen-bond acceptors (Lipinski definition) is 3. The van der Waals surface area contributed by atoms with Crippen LogP contribution < -0.4 is 11.1 Å². The zero-order valence-corrected chi connectivity index (χ0v) is 11.7. The predicted octanol–water partition coefficient (Wildman–Crippen LogP) is 1.25. The van der Waals surface area contributed by atoms with Crippen molar-refractivity contribution in [1.82, 2.24) is 10.2 Å². The molecule has 0 radical (unpaired) electrons. The summed E-state index contributed by atoms with van der Waals surface area (Å²) < 4.78 is 0. The minimum Gasteiger partial charge on any atom is -0.353 e. The lowest BCUT2D eigenvalue weighted by Crippen LogP contribution is -2.55. The van der Waals surface area contributed by atoms with Gasteiger partial charge in [-0.25, -0.2) is 0 Å². The Balaban J connectivity index is 1.82. The fraction of sp³-hybridized carbons (Fsp3) is 0.929. The number of nitrogens with zero attached hydrogens (tertiary/aromatic N) is 1. The molecular weight excluding hydrogens is 226 g/mol. The van der Waals surface area contributed by atoms with Gasteiger partial charge in [0.2, 0.25) is 5.91 Å². The molecule has 2 fully saturated rings. The van der Waals surface area contributed by atoms with Crippen molar-refractivity contribution in [2.45, 2.75) is 76.0 Å². The Morgan fingerprint density at radius 2 is 2.00 bits per heavy atom. The van der Waals surface area contributed by atoms with Crippen molar-refractivity contribution in [3.05, 3.63) is 0 Å². The van der Waals surface area contributed by atoms with Crippen LogP contribution in [0.5, 0.6) is 0 Å². The Labute approximate surface area is 110 Å². The van der Waals surface area contributed by atoms with Crippen molar-refractivity contribution in [2.75, 3.05) is 7.05 Å². The Kier molecular flexibility index (Phi) is 4.62. The first kappa shape index (κ1) is 13.8. The van der Waals surface area contributed by atoms with Crippen LogP contribution >= 0.6 is 0 Å². The summed E-state index contributed by atoms with van der Waals surface area (Å²) in [5, 5.41) is 3.19. The summed E-state index contributed by atoms with van der Waals surface area (Å²) in [5.74, 6) is 0.136. The summed E-state index contributed by atoms with van der Waals surface area (Å²) in [5.41, 5.74) is 5.82. The van der Waals surface area contributed by atoms with Gasteiger partial charge in [-0.3, -0.25) is 4.79 Å². The third kappa shape index (κ3) is 3.23. The SMILES string of the molecule is CCC(N)CC(=O)NC1CC2CCCC(C1)N2C. The number of carbonyl (C=O) groups is 1. The molecule has 0 aromatic carbocycles. The summed E-state index contributed by atoms with van der Waals surface area (Å²) in [6.45, 7) is 2.03. The standard InChI is InChI=1S/C14H27N3O/c1-3-10(15)7-14(18)16-11-8-12-5-4-6-13(9-11)17(12)2/h10-13H,3-9,15H2,1-2H3,(H,16,18). The van der Waals surface area contributed by atoms with E-state index in [9.17, 15) is 4.79 Å². The highest BCUT2D eigenvalue weighted by Crippen LogP contribution is 2.32. The first-order valence-electron chi connectivity index (χ1n) is 7.37. The van der Waals surface area contributed by atoms with E-state index in [0.29, 0.717) is 24.5 Å². The van der Waals surface area contributed by atoms with E-state index in [1.165, 1.54) is 19.3 Å². The molecule has 2 rings (SSSR count). The molecule has 4 nitrogen and oxygen atoms in total. The first-order chi connectivity index (χ1) is 8.60. The quantitative estimate of drug-likeness (QED) is 0.792. The minimum absolute atomic E-state index is 0.00997. The third-order valence-corrected chi connectivity index (χ3v) is 4.68. The zero-order valence-electron chi connectivity index (χ0n) is 11.7. The molecule has 3 N–H and O–H groups in total. The molecule has 3 unspecified atom stereocenters. The molecule has 18 heavy (non-hydrogen) atoms. The molecule has 0 aromatic heterocycles. The summed E-state index contributed by atoms with van der Waals surface area (Å²) in [4.78, 5) is 14.4. The van der Waals surface area contributed by atoms with Gasteiger partial charge in [-0.05, 0) is 39.2 Å². The number of piperidine rings is 2. The fourth-order valence-electron chi connectivity index (χ4n) is 3.40. The van der Waals surface area contributed by atoms with Gasteiger partial charge in [0.05, 0.1) is 0 Å². The highest BCUT2D eigenvalue weighted by Gasteiger charge is 2.36. The molecule has 2 heterocycles. The molecule has 3 atom stereocenters. The van der Waals surface area contributed by atoms with E-state index in [2.05, 4.69) is 17.3 Å². The van der Waals surface area contributed by atoms with Gasteiger partial charge in [0.15, 0.2) is 0 Å². The van der Waals surface area contributed by atoms with Crippen LogP contribution in [0.3, 0.4) is 0 Å². The van der Waals surface area contributed by atoms with Gasteiger partial charge < -0.3 is 16.0 Å². The molecule has 0 spiro atoms. The molecular formula is C14H27N3O. The summed E-state index contributed by atoms with van der Waals surface area (Å²) >= 11 is 0. The second kappa shape index (κ2) is 6.02. The molecule has 2 saturated heterocycles. The number of rotatable bonds is 4. The van der Waals surface area contributed by atoms with Crippen molar-refractivity contribution in [3.8, 4) is 0 Å². The van der Waals surface area contributed by atoms with Crippen molar-refractivity contribution in [3.63, 3.8) is 0 Å². The van der Waals surface area contributed by atoms with Gasteiger partial charge >= 0.3 is 0 Å². The summed E-state index contributed by atoms with van der Waals surface area (Å²) in [7, 11) is 2.24. The largest absolute Gasteiger partial charge is 0.353 e. The smallest absolute Gasteiger partial charge is 0.221 e. The molecule has 0 aliphatic carbocycles.